The van der Waals surface area contributed by atoms with Crippen LogP contribution in [0.1, 0.15) is 6.42 Å². The summed E-state index contributed by atoms with van der Waals surface area (Å²) in [6.07, 6.45) is 0.0288. The lowest BCUT2D eigenvalue weighted by molar-refractivity contribution is 0.165. The topological polar surface area (TPSA) is 15.3 Å². The Morgan fingerprint density at radius 1 is 1.40 bits per heavy atom. The van der Waals surface area contributed by atoms with Gasteiger partial charge < -0.3 is 10.2 Å². The van der Waals surface area contributed by atoms with Crippen molar-refractivity contribution < 1.29 is 4.39 Å². The molecule has 1 N–H and O–H groups in total. The number of rotatable bonds is 1. The Morgan fingerprint density at radius 3 is 2.50 bits per heavy atom. The zero-order valence-corrected chi connectivity index (χ0v) is 6.60. The summed E-state index contributed by atoms with van der Waals surface area (Å²) < 4.78 is 12.7. The zero-order chi connectivity index (χ0) is 7.56. The summed E-state index contributed by atoms with van der Waals surface area (Å²) in [6, 6.07) is 0.378. The normalized spacial score (nSPS) is 34.8. The molecule has 0 amide bonds. The van der Waals surface area contributed by atoms with Crippen molar-refractivity contribution in [3.05, 3.63) is 0 Å². The fraction of sp³-hybridized carbons (Fsp3) is 1.00. The molecule has 2 atom stereocenters. The summed E-state index contributed by atoms with van der Waals surface area (Å²) in [7, 11) is 3.98. The Labute approximate surface area is 61.4 Å². The maximum Gasteiger partial charge on any atom is 0.114 e. The third kappa shape index (κ3) is 1.92. The number of likely N-dealkylation sites (N-methyl/N-ethyl adjacent to an activating group) is 1. The summed E-state index contributed by atoms with van der Waals surface area (Å²) in [5, 5.41) is 3.05. The summed E-state index contributed by atoms with van der Waals surface area (Å²) in [5.74, 6) is 0. The fourth-order valence-electron chi connectivity index (χ4n) is 1.26. The van der Waals surface area contributed by atoms with Crippen LogP contribution in [0.3, 0.4) is 0 Å². The van der Waals surface area contributed by atoms with Gasteiger partial charge in [0.05, 0.1) is 0 Å². The van der Waals surface area contributed by atoms with Crippen molar-refractivity contribution in [2.24, 2.45) is 0 Å². The molecule has 10 heavy (non-hydrogen) atoms. The van der Waals surface area contributed by atoms with Gasteiger partial charge in [0.25, 0.3) is 0 Å². The molecule has 1 aliphatic heterocycles. The molecule has 60 valence electrons. The van der Waals surface area contributed by atoms with Crippen LogP contribution in [0.15, 0.2) is 0 Å². The van der Waals surface area contributed by atoms with Crippen LogP contribution >= 0.6 is 0 Å². The molecule has 0 aromatic carbocycles. The molecule has 1 aliphatic rings. The van der Waals surface area contributed by atoms with Crippen LogP contribution in [0.5, 0.6) is 0 Å². The SMILES string of the molecule is CN(C)C1CNCC(F)C1. The summed E-state index contributed by atoms with van der Waals surface area (Å²) in [4.78, 5) is 2.07. The number of alkyl halides is 1. The number of halogens is 1. The number of hydrogen-bond donors (Lipinski definition) is 1. The molecule has 1 heterocycles. The van der Waals surface area contributed by atoms with Crippen LogP contribution in [0.4, 0.5) is 4.39 Å². The molecular formula is C7H15FN2. The van der Waals surface area contributed by atoms with Crippen molar-refractivity contribution >= 4 is 0 Å². The van der Waals surface area contributed by atoms with Gasteiger partial charge in [-0.15, -0.1) is 0 Å². The average Bonchev–Trinajstić information content (AvgIpc) is 1.88. The number of hydrogen-bond acceptors (Lipinski definition) is 2. The fourth-order valence-corrected chi connectivity index (χ4v) is 1.26. The highest BCUT2D eigenvalue weighted by Crippen LogP contribution is 2.09. The minimum Gasteiger partial charge on any atom is -0.312 e. The second-order valence-electron chi connectivity index (χ2n) is 3.11. The number of piperidine rings is 1. The van der Waals surface area contributed by atoms with Crippen molar-refractivity contribution in [2.75, 3.05) is 27.2 Å². The molecule has 0 bridgehead atoms. The van der Waals surface area contributed by atoms with E-state index in [0.29, 0.717) is 19.0 Å². The highest BCUT2D eigenvalue weighted by Gasteiger charge is 2.21. The van der Waals surface area contributed by atoms with E-state index in [2.05, 4.69) is 10.2 Å². The second kappa shape index (κ2) is 3.30. The van der Waals surface area contributed by atoms with E-state index < -0.39 is 6.17 Å². The van der Waals surface area contributed by atoms with E-state index >= 15 is 0 Å². The van der Waals surface area contributed by atoms with Gasteiger partial charge in [-0.25, -0.2) is 4.39 Å². The minimum atomic E-state index is -0.652. The van der Waals surface area contributed by atoms with Crippen molar-refractivity contribution in [3.8, 4) is 0 Å². The van der Waals surface area contributed by atoms with Crippen LogP contribution in [-0.2, 0) is 0 Å². The van der Waals surface area contributed by atoms with E-state index in [1.54, 1.807) is 0 Å². The third-order valence-corrected chi connectivity index (χ3v) is 2.00. The molecule has 0 aromatic heterocycles. The molecule has 2 unspecified atom stereocenters. The van der Waals surface area contributed by atoms with Gasteiger partial charge >= 0.3 is 0 Å². The van der Waals surface area contributed by atoms with Crippen LogP contribution in [0.2, 0.25) is 0 Å². The summed E-state index contributed by atoms with van der Waals surface area (Å²) in [6.45, 7) is 1.46. The van der Waals surface area contributed by atoms with E-state index in [9.17, 15) is 4.39 Å². The Bertz CT molecular complexity index is 106. The molecule has 0 aliphatic carbocycles. The van der Waals surface area contributed by atoms with Crippen molar-refractivity contribution in [1.29, 1.82) is 0 Å². The Morgan fingerprint density at radius 2 is 2.10 bits per heavy atom. The predicted molar refractivity (Wildman–Crippen MR) is 39.9 cm³/mol. The first-order valence-electron chi connectivity index (χ1n) is 3.71. The maximum absolute atomic E-state index is 12.7. The van der Waals surface area contributed by atoms with Gasteiger partial charge in [0.1, 0.15) is 6.17 Å². The molecular weight excluding hydrogens is 131 g/mol. The van der Waals surface area contributed by atoms with Crippen LogP contribution in [-0.4, -0.2) is 44.3 Å². The summed E-state index contributed by atoms with van der Waals surface area (Å²) in [5.41, 5.74) is 0. The summed E-state index contributed by atoms with van der Waals surface area (Å²) >= 11 is 0. The quantitative estimate of drug-likeness (QED) is 0.570. The van der Waals surface area contributed by atoms with E-state index in [-0.39, 0.29) is 0 Å². The molecule has 0 radical (unpaired) electrons. The lowest BCUT2D eigenvalue weighted by Gasteiger charge is -2.30. The van der Waals surface area contributed by atoms with E-state index in [4.69, 9.17) is 0 Å². The molecule has 0 aromatic rings. The standard InChI is InChI=1S/C7H15FN2/c1-10(2)7-3-6(8)4-9-5-7/h6-7,9H,3-5H2,1-2H3. The van der Waals surface area contributed by atoms with Gasteiger partial charge in [0.15, 0.2) is 0 Å². The van der Waals surface area contributed by atoms with Gasteiger partial charge in [0.2, 0.25) is 0 Å². The lowest BCUT2D eigenvalue weighted by atomic mass is 10.1. The van der Waals surface area contributed by atoms with E-state index in [1.165, 1.54) is 0 Å². The van der Waals surface area contributed by atoms with Gasteiger partial charge in [-0.3, -0.25) is 0 Å². The zero-order valence-electron chi connectivity index (χ0n) is 6.60. The molecule has 3 heteroatoms. The van der Waals surface area contributed by atoms with E-state index in [0.717, 1.165) is 6.54 Å². The maximum atomic E-state index is 12.7. The molecule has 1 rings (SSSR count). The Hall–Kier alpha value is -0.150. The molecule has 2 nitrogen and oxygen atoms in total. The first kappa shape index (κ1) is 7.95. The molecule has 1 saturated heterocycles. The molecule has 0 saturated carbocycles. The largest absolute Gasteiger partial charge is 0.312 e. The van der Waals surface area contributed by atoms with Crippen LogP contribution < -0.4 is 5.32 Å². The van der Waals surface area contributed by atoms with Gasteiger partial charge in [-0.05, 0) is 20.5 Å². The predicted octanol–water partition coefficient (Wildman–Crippen LogP) is 0.248. The average molecular weight is 146 g/mol. The highest BCUT2D eigenvalue weighted by atomic mass is 19.1. The highest BCUT2D eigenvalue weighted by molar-refractivity contribution is 4.80. The van der Waals surface area contributed by atoms with Crippen LogP contribution in [0.25, 0.3) is 0 Å². The van der Waals surface area contributed by atoms with Crippen molar-refractivity contribution in [3.63, 3.8) is 0 Å². The lowest BCUT2D eigenvalue weighted by Crippen LogP contribution is -2.47. The van der Waals surface area contributed by atoms with Gasteiger partial charge in [-0.2, -0.15) is 0 Å². The van der Waals surface area contributed by atoms with Crippen molar-refractivity contribution in [2.45, 2.75) is 18.6 Å². The van der Waals surface area contributed by atoms with Gasteiger partial charge in [-0.1, -0.05) is 0 Å². The minimum absolute atomic E-state index is 0.378. The monoisotopic (exact) mass is 146 g/mol. The van der Waals surface area contributed by atoms with Gasteiger partial charge in [0, 0.05) is 19.1 Å². The second-order valence-corrected chi connectivity index (χ2v) is 3.11. The van der Waals surface area contributed by atoms with E-state index in [1.807, 2.05) is 14.1 Å². The Kier molecular flexibility index (Phi) is 2.63. The van der Waals surface area contributed by atoms with Crippen LogP contribution in [0, 0.1) is 0 Å². The number of nitrogens with zero attached hydrogens (tertiary/aromatic N) is 1. The Balaban J connectivity index is 2.32. The van der Waals surface area contributed by atoms with Crippen molar-refractivity contribution in [1.82, 2.24) is 10.2 Å². The smallest absolute Gasteiger partial charge is 0.114 e. The molecule has 0 spiro atoms. The molecule has 1 fully saturated rings. The first-order chi connectivity index (χ1) is 4.70. The third-order valence-electron chi connectivity index (χ3n) is 2.00. The number of nitrogens with one attached hydrogen (secondary N) is 1. The first-order valence-corrected chi connectivity index (χ1v) is 3.71.